The van der Waals surface area contributed by atoms with E-state index >= 15 is 0 Å². The van der Waals surface area contributed by atoms with Crippen molar-refractivity contribution in [3.05, 3.63) is 35.7 Å². The van der Waals surface area contributed by atoms with Crippen molar-refractivity contribution < 1.29 is 8.42 Å². The lowest BCUT2D eigenvalue weighted by atomic mass is 10.2. The number of hydrogen-bond donors (Lipinski definition) is 2. The number of aryl methyl sites for hydroxylation is 2. The summed E-state index contributed by atoms with van der Waals surface area (Å²) in [5, 5.41) is 12.8. The number of nitrogen functional groups attached to an aromatic ring is 1. The number of anilines is 2. The summed E-state index contributed by atoms with van der Waals surface area (Å²) in [4.78, 5) is -0.0697. The highest BCUT2D eigenvalue weighted by molar-refractivity contribution is 7.92. The summed E-state index contributed by atoms with van der Waals surface area (Å²) in [6.07, 6.45) is 1.56. The second kappa shape index (κ2) is 4.86. The van der Waals surface area contributed by atoms with E-state index < -0.39 is 10.0 Å². The van der Waals surface area contributed by atoms with Crippen molar-refractivity contribution in [3.8, 4) is 6.07 Å². The van der Waals surface area contributed by atoms with Crippen LogP contribution in [0.1, 0.15) is 11.3 Å². The minimum Gasteiger partial charge on any atom is -0.398 e. The van der Waals surface area contributed by atoms with Gasteiger partial charge in [-0.1, -0.05) is 0 Å². The largest absolute Gasteiger partial charge is 0.398 e. The Morgan fingerprint density at radius 1 is 1.45 bits per heavy atom. The van der Waals surface area contributed by atoms with Crippen molar-refractivity contribution in [2.75, 3.05) is 10.5 Å². The lowest BCUT2D eigenvalue weighted by molar-refractivity contribution is 0.601. The lowest BCUT2D eigenvalue weighted by Gasteiger charge is -2.09. The molecule has 104 valence electrons. The fraction of sp³-hybridized carbons (Fsp3) is 0.167. The maximum absolute atomic E-state index is 12.3. The first-order chi connectivity index (χ1) is 9.33. The Hall–Kier alpha value is -2.53. The molecular formula is C12H13N5O2S. The molecule has 0 spiro atoms. The summed E-state index contributed by atoms with van der Waals surface area (Å²) in [5.41, 5.74) is 6.96. The van der Waals surface area contributed by atoms with Gasteiger partial charge in [-0.2, -0.15) is 10.4 Å². The fourth-order valence-electron chi connectivity index (χ4n) is 1.76. The minimum absolute atomic E-state index is 0.0260. The highest BCUT2D eigenvalue weighted by Gasteiger charge is 2.19. The van der Waals surface area contributed by atoms with Gasteiger partial charge in [0.1, 0.15) is 4.90 Å². The zero-order chi connectivity index (χ0) is 14.9. The van der Waals surface area contributed by atoms with E-state index in [0.717, 1.165) is 0 Å². The van der Waals surface area contributed by atoms with Gasteiger partial charge < -0.3 is 5.73 Å². The van der Waals surface area contributed by atoms with E-state index in [-0.39, 0.29) is 10.6 Å². The normalized spacial score (nSPS) is 11.1. The molecule has 1 heterocycles. The Balaban J connectivity index is 2.41. The monoisotopic (exact) mass is 291 g/mol. The summed E-state index contributed by atoms with van der Waals surface area (Å²) in [5.74, 6) is 0. The van der Waals surface area contributed by atoms with E-state index in [0.29, 0.717) is 16.9 Å². The number of aromatic nitrogens is 2. The molecule has 0 saturated carbocycles. The Labute approximate surface area is 116 Å². The van der Waals surface area contributed by atoms with E-state index in [4.69, 9.17) is 11.0 Å². The second-order valence-electron chi connectivity index (χ2n) is 4.27. The Bertz CT molecular complexity index is 802. The van der Waals surface area contributed by atoms with Crippen molar-refractivity contribution in [3.63, 3.8) is 0 Å². The Kier molecular flexibility index (Phi) is 3.38. The molecule has 1 aromatic heterocycles. The molecule has 0 saturated heterocycles. The number of nitrogens with one attached hydrogen (secondary N) is 1. The smallest absolute Gasteiger partial charge is 0.264 e. The zero-order valence-corrected chi connectivity index (χ0v) is 11.8. The van der Waals surface area contributed by atoms with Crippen molar-refractivity contribution in [1.29, 1.82) is 5.26 Å². The van der Waals surface area contributed by atoms with Gasteiger partial charge in [-0.05, 0) is 25.1 Å². The Morgan fingerprint density at radius 3 is 2.65 bits per heavy atom. The SMILES string of the molecule is Cc1nn(C)cc1NS(=O)(=O)c1ccc(C#N)cc1N. The highest BCUT2D eigenvalue weighted by Crippen LogP contribution is 2.23. The molecule has 8 heteroatoms. The second-order valence-corrected chi connectivity index (χ2v) is 5.92. The molecule has 2 aromatic rings. The molecule has 7 nitrogen and oxygen atoms in total. The van der Waals surface area contributed by atoms with Crippen LogP contribution in [0.15, 0.2) is 29.3 Å². The molecule has 0 aliphatic heterocycles. The third-order valence-electron chi connectivity index (χ3n) is 2.69. The first kappa shape index (κ1) is 13.9. The molecule has 0 fully saturated rings. The first-order valence-corrected chi connectivity index (χ1v) is 7.14. The number of nitrogens with zero attached hydrogens (tertiary/aromatic N) is 3. The van der Waals surface area contributed by atoms with Gasteiger partial charge in [0.2, 0.25) is 0 Å². The van der Waals surface area contributed by atoms with Crippen LogP contribution >= 0.6 is 0 Å². The van der Waals surface area contributed by atoms with Crippen LogP contribution in [0.4, 0.5) is 11.4 Å². The molecule has 0 unspecified atom stereocenters. The predicted octanol–water partition coefficient (Wildman–Crippen LogP) is 0.983. The molecule has 0 radical (unpaired) electrons. The van der Waals surface area contributed by atoms with Gasteiger partial charge in [0, 0.05) is 13.2 Å². The molecule has 3 N–H and O–H groups in total. The van der Waals surface area contributed by atoms with E-state index in [1.165, 1.54) is 22.9 Å². The molecule has 0 bridgehead atoms. The van der Waals surface area contributed by atoms with Gasteiger partial charge in [-0.3, -0.25) is 9.40 Å². The number of hydrogen-bond acceptors (Lipinski definition) is 5. The minimum atomic E-state index is -3.82. The molecule has 0 aliphatic carbocycles. The zero-order valence-electron chi connectivity index (χ0n) is 11.0. The number of nitrogens with two attached hydrogens (primary N) is 1. The Morgan fingerprint density at radius 2 is 2.15 bits per heavy atom. The fourth-order valence-corrected chi connectivity index (χ4v) is 2.98. The van der Waals surface area contributed by atoms with Crippen LogP contribution in [-0.2, 0) is 17.1 Å². The summed E-state index contributed by atoms with van der Waals surface area (Å²) in [6.45, 7) is 1.69. The van der Waals surface area contributed by atoms with Gasteiger partial charge in [0.05, 0.1) is 28.7 Å². The molecule has 0 atom stereocenters. The lowest BCUT2D eigenvalue weighted by Crippen LogP contribution is -2.15. The molecule has 0 amide bonds. The third kappa shape index (κ3) is 2.57. The number of sulfonamides is 1. The van der Waals surface area contributed by atoms with Gasteiger partial charge in [-0.15, -0.1) is 0 Å². The maximum atomic E-state index is 12.3. The molecule has 0 aliphatic rings. The van der Waals surface area contributed by atoms with Crippen LogP contribution in [0, 0.1) is 18.3 Å². The summed E-state index contributed by atoms with van der Waals surface area (Å²) >= 11 is 0. The number of rotatable bonds is 3. The number of nitriles is 1. The van der Waals surface area contributed by atoms with Crippen LogP contribution in [0.5, 0.6) is 0 Å². The van der Waals surface area contributed by atoms with Crippen molar-refractivity contribution in [2.45, 2.75) is 11.8 Å². The summed E-state index contributed by atoms with van der Waals surface area (Å²) in [6, 6.07) is 5.94. The average Bonchev–Trinajstić information content (AvgIpc) is 2.66. The van der Waals surface area contributed by atoms with Crippen LogP contribution in [0.3, 0.4) is 0 Å². The van der Waals surface area contributed by atoms with Crippen LogP contribution in [0.2, 0.25) is 0 Å². The van der Waals surface area contributed by atoms with Crippen molar-refractivity contribution in [1.82, 2.24) is 9.78 Å². The topological polar surface area (TPSA) is 114 Å². The highest BCUT2D eigenvalue weighted by atomic mass is 32.2. The van der Waals surface area contributed by atoms with Gasteiger partial charge in [0.25, 0.3) is 10.0 Å². The average molecular weight is 291 g/mol. The molecule has 2 rings (SSSR count). The van der Waals surface area contributed by atoms with Crippen LogP contribution in [-0.4, -0.2) is 18.2 Å². The summed E-state index contributed by atoms with van der Waals surface area (Å²) < 4.78 is 28.5. The molecule has 20 heavy (non-hydrogen) atoms. The van der Waals surface area contributed by atoms with Crippen molar-refractivity contribution >= 4 is 21.4 Å². The maximum Gasteiger partial charge on any atom is 0.264 e. The van der Waals surface area contributed by atoms with E-state index in [9.17, 15) is 8.42 Å². The molecule has 1 aromatic carbocycles. The molecular weight excluding hydrogens is 278 g/mol. The third-order valence-corrected chi connectivity index (χ3v) is 4.13. The standard InChI is InChI=1S/C12H13N5O2S/c1-8-11(7-17(2)15-8)16-20(18,19)12-4-3-9(6-13)5-10(12)14/h3-5,7,16H,14H2,1-2H3. The van der Waals surface area contributed by atoms with Crippen LogP contribution < -0.4 is 10.5 Å². The quantitative estimate of drug-likeness (QED) is 0.818. The van der Waals surface area contributed by atoms with Crippen LogP contribution in [0.25, 0.3) is 0 Å². The van der Waals surface area contributed by atoms with Gasteiger partial charge >= 0.3 is 0 Å². The predicted molar refractivity (Wildman–Crippen MR) is 74.3 cm³/mol. The summed E-state index contributed by atoms with van der Waals surface area (Å²) in [7, 11) is -2.12. The van der Waals surface area contributed by atoms with Gasteiger partial charge in [-0.25, -0.2) is 8.42 Å². The van der Waals surface area contributed by atoms with E-state index in [1.54, 1.807) is 20.2 Å². The van der Waals surface area contributed by atoms with E-state index in [2.05, 4.69) is 9.82 Å². The number of benzene rings is 1. The van der Waals surface area contributed by atoms with E-state index in [1.807, 2.05) is 6.07 Å². The van der Waals surface area contributed by atoms with Gasteiger partial charge in [0.15, 0.2) is 0 Å². The first-order valence-electron chi connectivity index (χ1n) is 5.66. The van der Waals surface area contributed by atoms with Crippen molar-refractivity contribution in [2.24, 2.45) is 7.05 Å².